The second kappa shape index (κ2) is 10.2. The molecule has 1 atom stereocenters. The molecule has 27 heavy (non-hydrogen) atoms. The van der Waals surface area contributed by atoms with Gasteiger partial charge in [0, 0.05) is 6.42 Å². The first-order valence-corrected chi connectivity index (χ1v) is 8.89. The van der Waals surface area contributed by atoms with Gasteiger partial charge >= 0.3 is 5.97 Å². The van der Waals surface area contributed by atoms with E-state index in [-0.39, 0.29) is 11.6 Å². The molecular weight excluding hydrogens is 372 g/mol. The number of nitriles is 1. The van der Waals surface area contributed by atoms with Crippen molar-refractivity contribution in [2.45, 2.75) is 24.5 Å². The molecule has 0 radical (unpaired) electrons. The first-order chi connectivity index (χ1) is 13.0. The molecule has 1 unspecified atom stereocenters. The maximum Gasteiger partial charge on any atom is 0.305 e. The summed E-state index contributed by atoms with van der Waals surface area (Å²) in [5.74, 6) is -0.357. The number of carboxylic acid groups (broad SMARTS) is 1. The van der Waals surface area contributed by atoms with E-state index in [9.17, 15) is 9.59 Å². The number of carbonyl (C=O) groups excluding carboxylic acids is 1. The number of benzene rings is 1. The number of carbonyl (C=O) groups is 2. The Morgan fingerprint density at radius 1 is 1.48 bits per heavy atom. The summed E-state index contributed by atoms with van der Waals surface area (Å²) < 4.78 is 10.9. The molecule has 10 heteroatoms. The van der Waals surface area contributed by atoms with Gasteiger partial charge in [-0.2, -0.15) is 10.4 Å². The zero-order valence-corrected chi connectivity index (χ0v) is 15.4. The number of hydrogen-bond donors (Lipinski definition) is 2. The minimum atomic E-state index is -1.05. The molecule has 1 amide bonds. The molecule has 9 nitrogen and oxygen atoms in total. The second-order valence-corrected chi connectivity index (χ2v) is 6.56. The maximum atomic E-state index is 11.6. The zero-order chi connectivity index (χ0) is 19.6. The highest BCUT2D eigenvalue weighted by Gasteiger charge is 2.32. The van der Waals surface area contributed by atoms with Gasteiger partial charge in [-0.05, 0) is 30.2 Å². The SMILES string of the molecule is COc1ccc(C=NN=C2NC(=O)C(CC(=O)O)S2)cc1OCCCC#N. The number of nitrogens with one attached hydrogen (secondary N) is 1. The highest BCUT2D eigenvalue weighted by atomic mass is 32.2. The number of unbranched alkanes of at least 4 members (excludes halogenated alkanes) is 1. The lowest BCUT2D eigenvalue weighted by atomic mass is 10.2. The number of thioether (sulfide) groups is 1. The topological polar surface area (TPSA) is 133 Å². The summed E-state index contributed by atoms with van der Waals surface area (Å²) in [5.41, 5.74) is 0.701. The summed E-state index contributed by atoms with van der Waals surface area (Å²) in [4.78, 5) is 22.3. The van der Waals surface area contributed by atoms with Crippen LogP contribution in [-0.4, -0.2) is 47.3 Å². The molecule has 0 aromatic heterocycles. The Morgan fingerprint density at radius 2 is 2.30 bits per heavy atom. The number of rotatable bonds is 9. The van der Waals surface area contributed by atoms with Crippen LogP contribution in [0.15, 0.2) is 28.4 Å². The fraction of sp³-hybridized carbons (Fsp3) is 0.353. The molecule has 1 saturated heterocycles. The van der Waals surface area contributed by atoms with Gasteiger partial charge in [-0.15, -0.1) is 5.10 Å². The lowest BCUT2D eigenvalue weighted by molar-refractivity contribution is -0.138. The van der Waals surface area contributed by atoms with Gasteiger partial charge in [-0.1, -0.05) is 11.8 Å². The molecule has 0 aliphatic carbocycles. The molecule has 1 aliphatic rings. The quantitative estimate of drug-likeness (QED) is 0.373. The van der Waals surface area contributed by atoms with Crippen LogP contribution < -0.4 is 14.8 Å². The molecular formula is C17H18N4O5S. The average molecular weight is 390 g/mol. The van der Waals surface area contributed by atoms with Gasteiger partial charge in [0.15, 0.2) is 16.7 Å². The predicted molar refractivity (Wildman–Crippen MR) is 100 cm³/mol. The van der Waals surface area contributed by atoms with E-state index >= 15 is 0 Å². The van der Waals surface area contributed by atoms with Crippen molar-refractivity contribution in [3.8, 4) is 17.6 Å². The van der Waals surface area contributed by atoms with Crippen LogP contribution in [0.1, 0.15) is 24.8 Å². The standard InChI is InChI=1S/C17H18N4O5S/c1-25-12-5-4-11(8-13(12)26-7-3-2-6-18)10-19-21-17-20-16(24)14(27-17)9-15(22)23/h4-5,8,10,14H,2-3,7,9H2,1H3,(H,22,23)(H,20,21,24). The molecule has 2 rings (SSSR count). The van der Waals surface area contributed by atoms with Crippen LogP contribution in [0.3, 0.4) is 0 Å². The van der Waals surface area contributed by atoms with Crippen molar-refractivity contribution in [2.75, 3.05) is 13.7 Å². The minimum Gasteiger partial charge on any atom is -0.493 e. The third-order valence-corrected chi connectivity index (χ3v) is 4.44. The molecule has 0 saturated carbocycles. The smallest absolute Gasteiger partial charge is 0.305 e. The molecule has 1 heterocycles. The van der Waals surface area contributed by atoms with Crippen LogP contribution in [0.4, 0.5) is 0 Å². The Hall–Kier alpha value is -3.06. The first kappa shape index (κ1) is 20.3. The number of amidine groups is 1. The van der Waals surface area contributed by atoms with Gasteiger partial charge in [0.05, 0.1) is 32.4 Å². The van der Waals surface area contributed by atoms with E-state index in [1.54, 1.807) is 18.2 Å². The Balaban J connectivity index is 2.01. The Morgan fingerprint density at radius 3 is 3.00 bits per heavy atom. The van der Waals surface area contributed by atoms with E-state index in [0.717, 1.165) is 11.8 Å². The average Bonchev–Trinajstić information content (AvgIpc) is 2.97. The summed E-state index contributed by atoms with van der Waals surface area (Å²) in [5, 5.41) is 27.2. The van der Waals surface area contributed by atoms with Crippen molar-refractivity contribution in [1.82, 2.24) is 5.32 Å². The summed E-state index contributed by atoms with van der Waals surface area (Å²) in [6.45, 7) is 0.389. The first-order valence-electron chi connectivity index (χ1n) is 8.01. The molecule has 142 valence electrons. The molecule has 0 spiro atoms. The van der Waals surface area contributed by atoms with Gasteiger partial charge < -0.3 is 19.9 Å². The number of carboxylic acids is 1. The van der Waals surface area contributed by atoms with Gasteiger partial charge in [0.2, 0.25) is 5.91 Å². The monoisotopic (exact) mass is 390 g/mol. The number of methoxy groups -OCH3 is 1. The van der Waals surface area contributed by atoms with E-state index < -0.39 is 17.1 Å². The maximum absolute atomic E-state index is 11.6. The minimum absolute atomic E-state index is 0.254. The van der Waals surface area contributed by atoms with Crippen molar-refractivity contribution in [3.05, 3.63) is 23.8 Å². The number of amides is 1. The summed E-state index contributed by atoms with van der Waals surface area (Å²) in [6, 6.07) is 7.27. The Labute approximate surface area is 160 Å². The highest BCUT2D eigenvalue weighted by molar-refractivity contribution is 8.15. The second-order valence-electron chi connectivity index (χ2n) is 5.36. The third kappa shape index (κ3) is 6.31. The number of hydrogen-bond acceptors (Lipinski definition) is 8. The largest absolute Gasteiger partial charge is 0.493 e. The van der Waals surface area contributed by atoms with Crippen molar-refractivity contribution < 1.29 is 24.2 Å². The van der Waals surface area contributed by atoms with Gasteiger partial charge in [0.25, 0.3) is 0 Å². The normalized spacial score (nSPS) is 17.7. The fourth-order valence-corrected chi connectivity index (χ4v) is 3.03. The molecule has 1 aliphatic heterocycles. The van der Waals surface area contributed by atoms with E-state index in [0.29, 0.717) is 36.5 Å². The molecule has 2 N–H and O–H groups in total. The van der Waals surface area contributed by atoms with E-state index in [1.165, 1.54) is 13.3 Å². The van der Waals surface area contributed by atoms with Crippen LogP contribution >= 0.6 is 11.8 Å². The van der Waals surface area contributed by atoms with Crippen LogP contribution in [0.5, 0.6) is 11.5 Å². The van der Waals surface area contributed by atoms with Crippen molar-refractivity contribution in [2.24, 2.45) is 10.2 Å². The van der Waals surface area contributed by atoms with Crippen LogP contribution in [-0.2, 0) is 9.59 Å². The van der Waals surface area contributed by atoms with Crippen LogP contribution in [0, 0.1) is 11.3 Å². The Kier molecular flexibility index (Phi) is 7.63. The predicted octanol–water partition coefficient (Wildman–Crippen LogP) is 1.77. The fourth-order valence-electron chi connectivity index (χ4n) is 2.11. The van der Waals surface area contributed by atoms with Crippen molar-refractivity contribution in [3.63, 3.8) is 0 Å². The Bertz CT molecular complexity index is 803. The van der Waals surface area contributed by atoms with Gasteiger partial charge in [-0.25, -0.2) is 0 Å². The lowest BCUT2D eigenvalue weighted by Gasteiger charge is -2.10. The lowest BCUT2D eigenvalue weighted by Crippen LogP contribution is -2.26. The summed E-state index contributed by atoms with van der Waals surface area (Å²) in [7, 11) is 1.53. The van der Waals surface area contributed by atoms with Crippen LogP contribution in [0.2, 0.25) is 0 Å². The van der Waals surface area contributed by atoms with Crippen molar-refractivity contribution in [1.29, 1.82) is 5.26 Å². The highest BCUT2D eigenvalue weighted by Crippen LogP contribution is 2.28. The van der Waals surface area contributed by atoms with Crippen molar-refractivity contribution >= 4 is 35.0 Å². The summed E-state index contributed by atoms with van der Waals surface area (Å²) in [6.07, 6.45) is 2.23. The molecule has 1 aromatic rings. The van der Waals surface area contributed by atoms with Gasteiger partial charge in [-0.3, -0.25) is 9.59 Å². The zero-order valence-electron chi connectivity index (χ0n) is 14.5. The van der Waals surface area contributed by atoms with E-state index in [1.807, 2.05) is 0 Å². The number of aliphatic carboxylic acids is 1. The van der Waals surface area contributed by atoms with E-state index in [4.69, 9.17) is 19.8 Å². The number of ether oxygens (including phenoxy) is 2. The molecule has 1 aromatic carbocycles. The van der Waals surface area contributed by atoms with Crippen LogP contribution in [0.25, 0.3) is 0 Å². The summed E-state index contributed by atoms with van der Waals surface area (Å²) >= 11 is 1.03. The van der Waals surface area contributed by atoms with Gasteiger partial charge in [0.1, 0.15) is 5.25 Å². The molecule has 1 fully saturated rings. The van der Waals surface area contributed by atoms with E-state index in [2.05, 4.69) is 21.6 Å². The third-order valence-electron chi connectivity index (χ3n) is 3.37. The number of nitrogens with zero attached hydrogens (tertiary/aromatic N) is 3. The molecule has 0 bridgehead atoms.